The quantitative estimate of drug-likeness (QED) is 0.327. The molecular weight excluding hydrogens is 557 g/mol. The van der Waals surface area contributed by atoms with Gasteiger partial charge < -0.3 is 15.4 Å². The van der Waals surface area contributed by atoms with Crippen LogP contribution < -0.4 is 20.3 Å². The number of carbonyl (C=O) groups excluding carboxylic acids is 1. The third kappa shape index (κ3) is 4.68. The van der Waals surface area contributed by atoms with E-state index in [0.717, 1.165) is 10.5 Å². The van der Waals surface area contributed by atoms with Crippen LogP contribution in [0.25, 0.3) is 0 Å². The summed E-state index contributed by atoms with van der Waals surface area (Å²) in [6, 6.07) is 11.6. The first-order valence-electron chi connectivity index (χ1n) is 13.0. The number of nitrogens with zero attached hydrogens (tertiary/aromatic N) is 4. The molecule has 0 unspecified atom stereocenters. The molecule has 6 rings (SSSR count). The Balaban J connectivity index is 1.44. The molecule has 212 valence electrons. The SMILES string of the molecule is COc1ccc(Cn2cc(F)c(N3C[C@](C)(c4cccc(Cl)c4F)c4c(cnc(NC5CNC5)c4F)C3=O)n2)cc1. The third-order valence-electron chi connectivity index (χ3n) is 7.65. The molecule has 0 spiro atoms. The molecular formula is C29H26ClF3N6O2. The van der Waals surface area contributed by atoms with Crippen LogP contribution in [0, 0.1) is 17.5 Å². The lowest BCUT2D eigenvalue weighted by Gasteiger charge is -2.41. The van der Waals surface area contributed by atoms with Crippen LogP contribution in [-0.2, 0) is 12.0 Å². The molecule has 2 aliphatic heterocycles. The van der Waals surface area contributed by atoms with Crippen molar-refractivity contribution in [2.24, 2.45) is 0 Å². The summed E-state index contributed by atoms with van der Waals surface area (Å²) >= 11 is 6.13. The zero-order valence-corrected chi connectivity index (χ0v) is 23.0. The minimum atomic E-state index is -1.47. The van der Waals surface area contributed by atoms with Crippen LogP contribution in [0.3, 0.4) is 0 Å². The molecule has 4 heterocycles. The van der Waals surface area contributed by atoms with Crippen molar-refractivity contribution in [1.82, 2.24) is 20.1 Å². The van der Waals surface area contributed by atoms with Crippen molar-refractivity contribution in [2.75, 3.05) is 37.0 Å². The van der Waals surface area contributed by atoms with E-state index in [0.29, 0.717) is 18.8 Å². The molecule has 2 aliphatic rings. The van der Waals surface area contributed by atoms with E-state index in [1.807, 2.05) is 12.1 Å². The van der Waals surface area contributed by atoms with Gasteiger partial charge >= 0.3 is 0 Å². The summed E-state index contributed by atoms with van der Waals surface area (Å²) in [6.45, 7) is 2.79. The van der Waals surface area contributed by atoms with Gasteiger partial charge in [-0.3, -0.25) is 14.4 Å². The largest absolute Gasteiger partial charge is 0.497 e. The highest BCUT2D eigenvalue weighted by Gasteiger charge is 2.47. The van der Waals surface area contributed by atoms with Gasteiger partial charge in [0, 0.05) is 42.4 Å². The Morgan fingerprint density at radius 1 is 1.15 bits per heavy atom. The topological polar surface area (TPSA) is 84.3 Å². The number of benzene rings is 2. The van der Waals surface area contributed by atoms with Gasteiger partial charge in [0.2, 0.25) is 0 Å². The second-order valence-corrected chi connectivity index (χ2v) is 10.8. The maximum absolute atomic E-state index is 16.2. The van der Waals surface area contributed by atoms with Crippen LogP contribution in [0.5, 0.6) is 5.75 Å². The highest BCUT2D eigenvalue weighted by Crippen LogP contribution is 2.45. The molecule has 0 radical (unpaired) electrons. The summed E-state index contributed by atoms with van der Waals surface area (Å²) in [6.07, 6.45) is 2.42. The first-order chi connectivity index (χ1) is 19.7. The molecule has 1 atom stereocenters. The lowest BCUT2D eigenvalue weighted by molar-refractivity contribution is 0.0966. The van der Waals surface area contributed by atoms with Crippen molar-refractivity contribution in [2.45, 2.75) is 24.9 Å². The Labute approximate surface area is 239 Å². The van der Waals surface area contributed by atoms with Crippen molar-refractivity contribution in [3.05, 3.63) is 99.6 Å². The molecule has 4 aromatic rings. The second-order valence-electron chi connectivity index (χ2n) is 10.4. The van der Waals surface area contributed by atoms with E-state index in [2.05, 4.69) is 20.7 Å². The summed E-state index contributed by atoms with van der Waals surface area (Å²) in [5.41, 5.74) is -0.733. The molecule has 8 nitrogen and oxygen atoms in total. The number of ether oxygens (including phenoxy) is 1. The molecule has 1 amide bonds. The zero-order valence-electron chi connectivity index (χ0n) is 22.2. The third-order valence-corrected chi connectivity index (χ3v) is 7.94. The Morgan fingerprint density at radius 3 is 2.59 bits per heavy atom. The van der Waals surface area contributed by atoms with E-state index in [1.165, 1.54) is 29.2 Å². The summed E-state index contributed by atoms with van der Waals surface area (Å²) < 4.78 is 53.7. The number of rotatable bonds is 7. The lowest BCUT2D eigenvalue weighted by Crippen LogP contribution is -2.52. The van der Waals surface area contributed by atoms with Gasteiger partial charge in [-0.15, -0.1) is 0 Å². The Kier molecular flexibility index (Phi) is 6.87. The molecule has 2 aromatic carbocycles. The molecule has 0 bridgehead atoms. The fourth-order valence-corrected chi connectivity index (χ4v) is 5.55. The molecule has 41 heavy (non-hydrogen) atoms. The summed E-state index contributed by atoms with van der Waals surface area (Å²) in [7, 11) is 1.56. The Bertz CT molecular complexity index is 1640. The number of pyridine rings is 1. The average Bonchev–Trinajstić information content (AvgIpc) is 3.30. The van der Waals surface area contributed by atoms with Gasteiger partial charge in [-0.1, -0.05) is 35.9 Å². The van der Waals surface area contributed by atoms with Crippen LogP contribution in [0.15, 0.2) is 54.9 Å². The van der Waals surface area contributed by atoms with Gasteiger partial charge in [-0.05, 0) is 30.7 Å². The maximum Gasteiger partial charge on any atom is 0.261 e. The van der Waals surface area contributed by atoms with Gasteiger partial charge in [0.05, 0.1) is 36.5 Å². The van der Waals surface area contributed by atoms with Crippen molar-refractivity contribution >= 4 is 29.1 Å². The van der Waals surface area contributed by atoms with Crippen LogP contribution in [-0.4, -0.2) is 53.5 Å². The first-order valence-corrected chi connectivity index (χ1v) is 13.4. The van der Waals surface area contributed by atoms with E-state index in [4.69, 9.17) is 16.3 Å². The smallest absolute Gasteiger partial charge is 0.261 e. The highest BCUT2D eigenvalue weighted by atomic mass is 35.5. The van der Waals surface area contributed by atoms with Gasteiger partial charge in [0.25, 0.3) is 5.91 Å². The molecule has 2 aromatic heterocycles. The predicted molar refractivity (Wildman–Crippen MR) is 148 cm³/mol. The van der Waals surface area contributed by atoms with E-state index in [-0.39, 0.29) is 52.5 Å². The highest BCUT2D eigenvalue weighted by molar-refractivity contribution is 6.30. The van der Waals surface area contributed by atoms with E-state index < -0.39 is 28.8 Å². The Hall–Kier alpha value is -4.09. The molecule has 12 heteroatoms. The monoisotopic (exact) mass is 582 g/mol. The molecule has 1 fully saturated rings. The minimum Gasteiger partial charge on any atom is -0.497 e. The number of hydrogen-bond acceptors (Lipinski definition) is 6. The summed E-state index contributed by atoms with van der Waals surface area (Å²) in [4.78, 5) is 19.1. The lowest BCUT2D eigenvalue weighted by atomic mass is 9.71. The number of carbonyl (C=O) groups is 1. The predicted octanol–water partition coefficient (Wildman–Crippen LogP) is 4.76. The molecule has 0 aliphatic carbocycles. The number of anilines is 2. The van der Waals surface area contributed by atoms with Gasteiger partial charge in [0.1, 0.15) is 11.6 Å². The number of aromatic nitrogens is 3. The summed E-state index contributed by atoms with van der Waals surface area (Å²) in [5, 5.41) is 10.3. The second kappa shape index (κ2) is 10.4. The van der Waals surface area contributed by atoms with Crippen LogP contribution in [0.2, 0.25) is 5.02 Å². The molecule has 1 saturated heterocycles. The average molecular weight is 583 g/mol. The van der Waals surface area contributed by atoms with Crippen molar-refractivity contribution in [1.29, 1.82) is 0 Å². The number of hydrogen-bond donors (Lipinski definition) is 2. The zero-order chi connectivity index (χ0) is 28.9. The number of amides is 1. The van der Waals surface area contributed by atoms with Crippen LogP contribution in [0.1, 0.15) is 34.0 Å². The minimum absolute atomic E-state index is 0.0382. The molecule has 2 N–H and O–H groups in total. The van der Waals surface area contributed by atoms with E-state index in [9.17, 15) is 4.79 Å². The maximum atomic E-state index is 16.2. The van der Waals surface area contributed by atoms with Crippen LogP contribution >= 0.6 is 11.6 Å². The first kappa shape index (κ1) is 27.1. The normalized spacial score (nSPS) is 18.7. The summed E-state index contributed by atoms with van der Waals surface area (Å²) in [5.74, 6) is -2.60. The number of halogens is 4. The standard InChI is InChI=1S/C29H26ClF3N6O2/c1-29(20-4-3-5-21(30)24(20)32)15-39(27-22(31)14-38(37-27)13-16-6-8-18(41-2)9-7-16)28(40)19-12-35-26(25(33)23(19)29)36-17-10-34-11-17/h3-9,12,14,17,34H,10-11,13,15H2,1-2H3,(H,35,36)/t29-/m1/s1. The number of fused-ring (bicyclic) bond motifs is 1. The van der Waals surface area contributed by atoms with Crippen LogP contribution in [0.4, 0.5) is 24.8 Å². The van der Waals surface area contributed by atoms with Crippen molar-refractivity contribution < 1.29 is 22.7 Å². The van der Waals surface area contributed by atoms with Gasteiger partial charge in [-0.2, -0.15) is 5.10 Å². The number of methoxy groups -OCH3 is 1. The fraction of sp³-hybridized carbons (Fsp3) is 0.276. The van der Waals surface area contributed by atoms with Crippen molar-refractivity contribution in [3.8, 4) is 5.75 Å². The van der Waals surface area contributed by atoms with E-state index >= 15 is 13.2 Å². The van der Waals surface area contributed by atoms with Gasteiger partial charge in [0.15, 0.2) is 23.3 Å². The fourth-order valence-electron chi connectivity index (χ4n) is 5.38. The van der Waals surface area contributed by atoms with E-state index in [1.54, 1.807) is 32.2 Å². The molecule has 0 saturated carbocycles. The van der Waals surface area contributed by atoms with Crippen molar-refractivity contribution in [3.63, 3.8) is 0 Å². The Morgan fingerprint density at radius 2 is 1.90 bits per heavy atom. The van der Waals surface area contributed by atoms with Gasteiger partial charge in [-0.25, -0.2) is 18.2 Å². The number of nitrogens with one attached hydrogen (secondary N) is 2.